The number of sulfonamides is 1. The van der Waals surface area contributed by atoms with Crippen molar-refractivity contribution in [1.82, 2.24) is 4.31 Å². The molecule has 3 rings (SSSR count). The average Bonchev–Trinajstić information content (AvgIpc) is 2.77. The van der Waals surface area contributed by atoms with Crippen LogP contribution in [0.1, 0.15) is 12.5 Å². The van der Waals surface area contributed by atoms with Gasteiger partial charge < -0.3 is 14.8 Å². The molecule has 0 aliphatic carbocycles. The van der Waals surface area contributed by atoms with E-state index in [9.17, 15) is 13.2 Å². The summed E-state index contributed by atoms with van der Waals surface area (Å²) in [5, 5.41) is 2.73. The molecule has 0 saturated carbocycles. The van der Waals surface area contributed by atoms with Crippen LogP contribution in [-0.4, -0.2) is 38.8 Å². The molecule has 1 N–H and O–H groups in total. The zero-order chi connectivity index (χ0) is 23.1. The van der Waals surface area contributed by atoms with Crippen molar-refractivity contribution in [2.24, 2.45) is 0 Å². The standard InChI is InChI=1S/C24H26N2O5S/c1-4-30-22-15-14-20(16-18(22)2)32(28,29)26(3)17-24(27)25-21-12-8-9-13-23(21)31-19-10-6-5-7-11-19/h5-16H,4,17H2,1-3H3,(H,25,27). The summed E-state index contributed by atoms with van der Waals surface area (Å²) in [5.74, 6) is 1.23. The molecule has 168 valence electrons. The van der Waals surface area contributed by atoms with E-state index in [0.717, 1.165) is 4.31 Å². The Morgan fingerprint density at radius 1 is 0.969 bits per heavy atom. The molecule has 0 unspecified atom stereocenters. The number of nitrogens with one attached hydrogen (secondary N) is 1. The van der Waals surface area contributed by atoms with Gasteiger partial charge in [0.25, 0.3) is 0 Å². The molecule has 3 aromatic carbocycles. The molecule has 0 radical (unpaired) electrons. The Labute approximate surface area is 188 Å². The van der Waals surface area contributed by atoms with E-state index in [4.69, 9.17) is 9.47 Å². The second kappa shape index (κ2) is 10.3. The number of carbonyl (C=O) groups excluding carboxylic acids is 1. The largest absolute Gasteiger partial charge is 0.494 e. The normalized spacial score (nSPS) is 11.2. The van der Waals surface area contributed by atoms with E-state index in [2.05, 4.69) is 5.32 Å². The number of hydrogen-bond donors (Lipinski definition) is 1. The van der Waals surface area contributed by atoms with Crippen molar-refractivity contribution >= 4 is 21.6 Å². The predicted octanol–water partition coefficient (Wildman–Crippen LogP) is 4.45. The number of hydrogen-bond acceptors (Lipinski definition) is 5. The Kier molecular flexibility index (Phi) is 7.50. The summed E-state index contributed by atoms with van der Waals surface area (Å²) in [6.45, 7) is 3.77. The highest BCUT2D eigenvalue weighted by atomic mass is 32.2. The number of para-hydroxylation sites is 3. The van der Waals surface area contributed by atoms with Gasteiger partial charge in [-0.05, 0) is 61.9 Å². The third-order valence-electron chi connectivity index (χ3n) is 4.65. The summed E-state index contributed by atoms with van der Waals surface area (Å²) in [5.41, 5.74) is 1.15. The van der Waals surface area contributed by atoms with Crippen molar-refractivity contribution in [1.29, 1.82) is 0 Å². The maximum Gasteiger partial charge on any atom is 0.243 e. The van der Waals surface area contributed by atoms with E-state index >= 15 is 0 Å². The number of nitrogens with zero attached hydrogens (tertiary/aromatic N) is 1. The molecule has 1 amide bonds. The van der Waals surface area contributed by atoms with Crippen molar-refractivity contribution in [3.05, 3.63) is 78.4 Å². The van der Waals surface area contributed by atoms with Crippen molar-refractivity contribution in [3.8, 4) is 17.2 Å². The lowest BCUT2D eigenvalue weighted by atomic mass is 10.2. The van der Waals surface area contributed by atoms with Crippen LogP contribution in [0.3, 0.4) is 0 Å². The van der Waals surface area contributed by atoms with Gasteiger partial charge in [-0.1, -0.05) is 30.3 Å². The van der Waals surface area contributed by atoms with E-state index in [1.807, 2.05) is 25.1 Å². The third kappa shape index (κ3) is 5.66. The summed E-state index contributed by atoms with van der Waals surface area (Å²) >= 11 is 0. The number of aryl methyl sites for hydroxylation is 1. The van der Waals surface area contributed by atoms with Gasteiger partial charge >= 0.3 is 0 Å². The Bertz CT molecular complexity index is 1180. The van der Waals surface area contributed by atoms with Gasteiger partial charge in [0.2, 0.25) is 15.9 Å². The zero-order valence-electron chi connectivity index (χ0n) is 18.2. The molecular weight excluding hydrogens is 428 g/mol. The summed E-state index contributed by atoms with van der Waals surface area (Å²) in [7, 11) is -2.49. The van der Waals surface area contributed by atoms with Crippen molar-refractivity contribution in [2.45, 2.75) is 18.7 Å². The second-order valence-corrected chi connectivity index (χ2v) is 9.13. The maximum atomic E-state index is 12.9. The molecule has 0 aliphatic heterocycles. The summed E-state index contributed by atoms with van der Waals surface area (Å²) in [6, 6.07) is 20.8. The Morgan fingerprint density at radius 3 is 2.34 bits per heavy atom. The van der Waals surface area contributed by atoms with Gasteiger partial charge in [0, 0.05) is 7.05 Å². The highest BCUT2D eigenvalue weighted by molar-refractivity contribution is 7.89. The Balaban J connectivity index is 1.70. The van der Waals surface area contributed by atoms with Crippen LogP contribution < -0.4 is 14.8 Å². The first-order valence-electron chi connectivity index (χ1n) is 10.1. The SMILES string of the molecule is CCOc1ccc(S(=O)(=O)N(C)CC(=O)Nc2ccccc2Oc2ccccc2)cc1C. The van der Waals surface area contributed by atoms with E-state index in [0.29, 0.717) is 35.1 Å². The molecule has 0 atom stereocenters. The first-order chi connectivity index (χ1) is 15.3. The van der Waals surface area contributed by atoms with Gasteiger partial charge in [0.05, 0.1) is 23.7 Å². The molecule has 0 aliphatic rings. The quantitative estimate of drug-likeness (QED) is 0.517. The lowest BCUT2D eigenvalue weighted by Crippen LogP contribution is -2.35. The fourth-order valence-corrected chi connectivity index (χ4v) is 4.24. The number of carbonyl (C=O) groups is 1. The van der Waals surface area contributed by atoms with E-state index in [1.165, 1.54) is 19.2 Å². The highest BCUT2D eigenvalue weighted by Gasteiger charge is 2.24. The van der Waals surface area contributed by atoms with Crippen LogP contribution in [0.25, 0.3) is 0 Å². The molecular formula is C24H26N2O5S. The maximum absolute atomic E-state index is 12.9. The predicted molar refractivity (Wildman–Crippen MR) is 124 cm³/mol. The minimum Gasteiger partial charge on any atom is -0.494 e. The molecule has 0 spiro atoms. The second-order valence-electron chi connectivity index (χ2n) is 7.08. The molecule has 7 nitrogen and oxygen atoms in total. The van der Waals surface area contributed by atoms with Crippen LogP contribution in [-0.2, 0) is 14.8 Å². The first-order valence-corrected chi connectivity index (χ1v) is 11.6. The van der Waals surface area contributed by atoms with E-state index in [-0.39, 0.29) is 11.4 Å². The number of rotatable bonds is 9. The minimum absolute atomic E-state index is 0.0987. The number of ether oxygens (including phenoxy) is 2. The summed E-state index contributed by atoms with van der Waals surface area (Å²) in [6.07, 6.45) is 0. The number of anilines is 1. The Hall–Kier alpha value is -3.36. The van der Waals surface area contributed by atoms with Crippen LogP contribution in [0, 0.1) is 6.92 Å². The molecule has 0 heterocycles. The lowest BCUT2D eigenvalue weighted by Gasteiger charge is -2.18. The van der Waals surface area contributed by atoms with Crippen LogP contribution in [0.5, 0.6) is 17.2 Å². The topological polar surface area (TPSA) is 84.9 Å². The molecule has 0 bridgehead atoms. The van der Waals surface area contributed by atoms with Gasteiger partial charge in [-0.25, -0.2) is 8.42 Å². The lowest BCUT2D eigenvalue weighted by molar-refractivity contribution is -0.116. The first kappa shape index (κ1) is 23.3. The van der Waals surface area contributed by atoms with Crippen LogP contribution in [0.4, 0.5) is 5.69 Å². The number of amides is 1. The van der Waals surface area contributed by atoms with Crippen LogP contribution in [0.15, 0.2) is 77.7 Å². The molecule has 32 heavy (non-hydrogen) atoms. The summed E-state index contributed by atoms with van der Waals surface area (Å²) in [4.78, 5) is 12.7. The van der Waals surface area contributed by atoms with E-state index < -0.39 is 15.9 Å². The molecule has 0 fully saturated rings. The van der Waals surface area contributed by atoms with Gasteiger partial charge in [0.15, 0.2) is 5.75 Å². The van der Waals surface area contributed by atoms with Gasteiger partial charge in [-0.15, -0.1) is 0 Å². The Morgan fingerprint density at radius 2 is 1.66 bits per heavy atom. The highest BCUT2D eigenvalue weighted by Crippen LogP contribution is 2.29. The molecule has 0 saturated heterocycles. The number of benzene rings is 3. The van der Waals surface area contributed by atoms with Crippen LogP contribution >= 0.6 is 0 Å². The number of likely N-dealkylation sites (N-methyl/N-ethyl adjacent to an activating group) is 1. The smallest absolute Gasteiger partial charge is 0.243 e. The molecule has 3 aromatic rings. The van der Waals surface area contributed by atoms with Gasteiger partial charge in [-0.3, -0.25) is 4.79 Å². The third-order valence-corrected chi connectivity index (χ3v) is 6.45. The average molecular weight is 455 g/mol. The zero-order valence-corrected chi connectivity index (χ0v) is 19.1. The van der Waals surface area contributed by atoms with Crippen LogP contribution in [0.2, 0.25) is 0 Å². The summed E-state index contributed by atoms with van der Waals surface area (Å²) < 4.78 is 38.2. The monoisotopic (exact) mass is 454 g/mol. The molecule has 8 heteroatoms. The molecule has 0 aromatic heterocycles. The fourth-order valence-electron chi connectivity index (χ4n) is 3.03. The van der Waals surface area contributed by atoms with Gasteiger partial charge in [0.1, 0.15) is 11.5 Å². The van der Waals surface area contributed by atoms with Gasteiger partial charge in [-0.2, -0.15) is 4.31 Å². The van der Waals surface area contributed by atoms with Crippen molar-refractivity contribution in [2.75, 3.05) is 25.5 Å². The minimum atomic E-state index is -3.85. The fraction of sp³-hybridized carbons (Fsp3) is 0.208. The van der Waals surface area contributed by atoms with Crippen molar-refractivity contribution < 1.29 is 22.7 Å². The van der Waals surface area contributed by atoms with Crippen molar-refractivity contribution in [3.63, 3.8) is 0 Å². The van der Waals surface area contributed by atoms with E-state index in [1.54, 1.807) is 49.4 Å².